The smallest absolute Gasteiger partial charge is 0.253 e. The molecule has 0 aliphatic carbocycles. The van der Waals surface area contributed by atoms with Gasteiger partial charge in [0.1, 0.15) is 18.0 Å². The number of fused-ring (bicyclic) bond motifs is 4. The fraction of sp³-hybridized carbons (Fsp3) is 0.355. The second-order valence-corrected chi connectivity index (χ2v) is 11.3. The van der Waals surface area contributed by atoms with Crippen molar-refractivity contribution in [3.05, 3.63) is 66.5 Å². The van der Waals surface area contributed by atoms with Crippen LogP contribution in [0.25, 0.3) is 33.3 Å². The average molecular weight is 523 g/mol. The number of carbonyl (C=O) groups excluding carboxylic acids is 1. The van der Waals surface area contributed by atoms with Crippen LogP contribution in [0.2, 0.25) is 0 Å². The van der Waals surface area contributed by atoms with E-state index in [4.69, 9.17) is 9.72 Å². The highest BCUT2D eigenvalue weighted by Gasteiger charge is 2.33. The van der Waals surface area contributed by atoms with Crippen LogP contribution in [-0.2, 0) is 0 Å². The molecule has 0 spiro atoms. The number of likely N-dealkylation sites (N-methyl/N-ethyl adjacent to an activating group) is 2. The summed E-state index contributed by atoms with van der Waals surface area (Å²) in [6.07, 6.45) is 3.92. The van der Waals surface area contributed by atoms with Gasteiger partial charge in [-0.15, -0.1) is 0 Å². The minimum atomic E-state index is 0.0973. The van der Waals surface area contributed by atoms with E-state index in [9.17, 15) is 4.79 Å². The number of H-pyrrole nitrogens is 1. The summed E-state index contributed by atoms with van der Waals surface area (Å²) < 4.78 is 6.22. The minimum Gasteiger partial charge on any atom is -0.489 e. The minimum absolute atomic E-state index is 0.0973. The zero-order valence-electron chi connectivity index (χ0n) is 22.7. The summed E-state index contributed by atoms with van der Waals surface area (Å²) in [4.78, 5) is 29.9. The first-order valence-corrected chi connectivity index (χ1v) is 13.7. The molecule has 4 aromatic rings. The summed E-state index contributed by atoms with van der Waals surface area (Å²) in [5, 5.41) is 1.06. The standard InChI is InChI=1S/C31H34N6O2/c1-34(2)24-17-36(18-24)31(38)21-6-4-20(5-7-21)27-15-33-30-26(27)12-23(14-32-30)22-8-9-28-29(13-22)39-19-25-16-35(3)10-11-37(25)28/h4-9,12-15,24-25H,10-11,16-19H2,1-3H3,(H,32,33). The third-order valence-electron chi connectivity index (χ3n) is 8.57. The third-order valence-corrected chi connectivity index (χ3v) is 8.57. The van der Waals surface area contributed by atoms with Crippen molar-refractivity contribution in [2.45, 2.75) is 12.1 Å². The fourth-order valence-electron chi connectivity index (χ4n) is 6.03. The highest BCUT2D eigenvalue weighted by atomic mass is 16.5. The SMILES string of the molecule is CN1CCN2c3ccc(-c4cnc5[nH]cc(-c6ccc(C(=O)N7CC(N(C)C)C7)cc6)c5c4)cc3OCC2C1. The van der Waals surface area contributed by atoms with E-state index in [1.54, 1.807) is 0 Å². The van der Waals surface area contributed by atoms with E-state index in [0.29, 0.717) is 18.7 Å². The number of benzene rings is 2. The highest BCUT2D eigenvalue weighted by Crippen LogP contribution is 2.39. The molecule has 5 heterocycles. The van der Waals surface area contributed by atoms with Crippen molar-refractivity contribution in [1.29, 1.82) is 0 Å². The van der Waals surface area contributed by atoms with Gasteiger partial charge in [-0.25, -0.2) is 4.98 Å². The number of nitrogens with zero attached hydrogens (tertiary/aromatic N) is 5. The van der Waals surface area contributed by atoms with Crippen LogP contribution in [0.1, 0.15) is 10.4 Å². The lowest BCUT2D eigenvalue weighted by molar-refractivity contribution is 0.0399. The molecule has 0 saturated carbocycles. The van der Waals surface area contributed by atoms with Gasteiger partial charge in [0.25, 0.3) is 5.91 Å². The number of aromatic nitrogens is 2. The van der Waals surface area contributed by atoms with Crippen molar-refractivity contribution >= 4 is 22.6 Å². The molecule has 3 aliphatic heterocycles. The van der Waals surface area contributed by atoms with Gasteiger partial charge in [-0.2, -0.15) is 0 Å². The first-order valence-electron chi connectivity index (χ1n) is 13.7. The molecule has 200 valence electrons. The quantitative estimate of drug-likeness (QED) is 0.440. The first-order chi connectivity index (χ1) is 18.9. The molecule has 1 N–H and O–H groups in total. The molecule has 2 fully saturated rings. The van der Waals surface area contributed by atoms with Crippen molar-refractivity contribution in [3.8, 4) is 28.0 Å². The number of pyridine rings is 1. The van der Waals surface area contributed by atoms with Crippen LogP contribution < -0.4 is 9.64 Å². The Morgan fingerprint density at radius 1 is 1.00 bits per heavy atom. The Labute approximate surface area is 228 Å². The van der Waals surface area contributed by atoms with Crippen LogP contribution in [0.15, 0.2) is 60.9 Å². The Kier molecular flexibility index (Phi) is 5.82. The molecule has 2 saturated heterocycles. The summed E-state index contributed by atoms with van der Waals surface area (Å²) in [7, 11) is 6.30. The lowest BCUT2D eigenvalue weighted by atomic mass is 9.99. The van der Waals surface area contributed by atoms with Gasteiger partial charge in [0.15, 0.2) is 0 Å². The van der Waals surface area contributed by atoms with Crippen LogP contribution in [0.5, 0.6) is 5.75 Å². The number of amides is 1. The second-order valence-electron chi connectivity index (χ2n) is 11.3. The predicted octanol–water partition coefficient (Wildman–Crippen LogP) is 3.80. The number of ether oxygens (including phenoxy) is 1. The number of likely N-dealkylation sites (tertiary alicyclic amines) is 1. The maximum Gasteiger partial charge on any atom is 0.253 e. The van der Waals surface area contributed by atoms with Crippen LogP contribution in [0.3, 0.4) is 0 Å². The van der Waals surface area contributed by atoms with Crippen molar-refractivity contribution in [3.63, 3.8) is 0 Å². The van der Waals surface area contributed by atoms with Gasteiger partial charge in [0, 0.05) is 73.2 Å². The number of aromatic amines is 1. The molecule has 39 heavy (non-hydrogen) atoms. The molecule has 2 aromatic heterocycles. The molecule has 1 unspecified atom stereocenters. The Morgan fingerprint density at radius 3 is 2.59 bits per heavy atom. The van der Waals surface area contributed by atoms with Crippen molar-refractivity contribution in [1.82, 2.24) is 24.7 Å². The number of piperazine rings is 1. The maximum atomic E-state index is 12.9. The molecule has 8 heteroatoms. The summed E-state index contributed by atoms with van der Waals surface area (Å²) in [6.45, 7) is 5.41. The molecule has 7 rings (SSSR count). The van der Waals surface area contributed by atoms with Crippen LogP contribution in [0, 0.1) is 0 Å². The number of hydrogen-bond acceptors (Lipinski definition) is 6. The Balaban J connectivity index is 1.14. The summed E-state index contributed by atoms with van der Waals surface area (Å²) in [6, 6.07) is 17.5. The fourth-order valence-corrected chi connectivity index (χ4v) is 6.03. The largest absolute Gasteiger partial charge is 0.489 e. The van der Waals surface area contributed by atoms with Crippen LogP contribution >= 0.6 is 0 Å². The van der Waals surface area contributed by atoms with E-state index in [2.05, 4.69) is 65.1 Å². The molecule has 3 aliphatic rings. The molecule has 1 amide bonds. The van der Waals surface area contributed by atoms with E-state index >= 15 is 0 Å². The molecule has 2 aromatic carbocycles. The van der Waals surface area contributed by atoms with Gasteiger partial charge < -0.3 is 29.3 Å². The topological polar surface area (TPSA) is 67.9 Å². The number of nitrogens with one attached hydrogen (secondary N) is 1. The lowest BCUT2D eigenvalue weighted by Gasteiger charge is -2.44. The van der Waals surface area contributed by atoms with Crippen molar-refractivity contribution in [2.24, 2.45) is 0 Å². The zero-order chi connectivity index (χ0) is 26.7. The Bertz CT molecular complexity index is 1540. The highest BCUT2D eigenvalue weighted by molar-refractivity contribution is 5.98. The normalized spacial score (nSPS) is 19.5. The van der Waals surface area contributed by atoms with E-state index < -0.39 is 0 Å². The molecular formula is C31H34N6O2. The van der Waals surface area contributed by atoms with Crippen LogP contribution in [0.4, 0.5) is 5.69 Å². The van der Waals surface area contributed by atoms with E-state index in [1.807, 2.05) is 41.6 Å². The van der Waals surface area contributed by atoms with Gasteiger partial charge in [-0.3, -0.25) is 4.79 Å². The molecule has 8 nitrogen and oxygen atoms in total. The number of rotatable bonds is 4. The molecule has 1 atom stereocenters. The first kappa shape index (κ1) is 24.2. The lowest BCUT2D eigenvalue weighted by Crippen LogP contribution is -2.59. The molecule has 0 radical (unpaired) electrons. The predicted molar refractivity (Wildman–Crippen MR) is 154 cm³/mol. The van der Waals surface area contributed by atoms with E-state index in [0.717, 1.165) is 77.3 Å². The number of anilines is 1. The Morgan fingerprint density at radius 2 is 1.79 bits per heavy atom. The monoisotopic (exact) mass is 522 g/mol. The van der Waals surface area contributed by atoms with Gasteiger partial charge >= 0.3 is 0 Å². The van der Waals surface area contributed by atoms with Gasteiger partial charge in [-0.1, -0.05) is 18.2 Å². The Hall–Kier alpha value is -3.88. The van der Waals surface area contributed by atoms with Crippen molar-refractivity contribution < 1.29 is 9.53 Å². The maximum absolute atomic E-state index is 12.9. The summed E-state index contributed by atoms with van der Waals surface area (Å²) >= 11 is 0. The zero-order valence-corrected chi connectivity index (χ0v) is 22.7. The van der Waals surface area contributed by atoms with Gasteiger partial charge in [0.05, 0.1) is 11.7 Å². The van der Waals surface area contributed by atoms with Crippen molar-refractivity contribution in [2.75, 3.05) is 65.4 Å². The van der Waals surface area contributed by atoms with Gasteiger partial charge in [0.2, 0.25) is 0 Å². The van der Waals surface area contributed by atoms with Gasteiger partial charge in [-0.05, 0) is 62.6 Å². The molecule has 0 bridgehead atoms. The average Bonchev–Trinajstić information content (AvgIpc) is 3.35. The second kappa shape index (κ2) is 9.39. The van der Waals surface area contributed by atoms with E-state index in [-0.39, 0.29) is 5.91 Å². The van der Waals surface area contributed by atoms with Crippen LogP contribution in [-0.4, -0.2) is 103 Å². The molecular weight excluding hydrogens is 488 g/mol. The summed E-state index contributed by atoms with van der Waals surface area (Å²) in [5.41, 5.74) is 7.03. The summed E-state index contributed by atoms with van der Waals surface area (Å²) in [5.74, 6) is 1.04. The van der Waals surface area contributed by atoms with E-state index in [1.165, 1.54) is 5.69 Å². The third kappa shape index (κ3) is 4.24. The number of hydrogen-bond donors (Lipinski definition) is 1. The number of carbonyl (C=O) groups is 1.